The lowest BCUT2D eigenvalue weighted by molar-refractivity contribution is -0.352. The smallest absolute Gasteiger partial charge is 0.338 e. The molecule has 9 aliphatic rings. The Kier molecular flexibility index (Phi) is 19.9. The van der Waals surface area contributed by atoms with E-state index in [0.29, 0.717) is 56.9 Å². The number of Topliss-reactive ketones (excluding diaryl/α,β-unsaturated/α-hetero) is 1. The lowest BCUT2D eigenvalue weighted by Crippen LogP contribution is -2.78. The molecule has 0 radical (unpaired) electrons. The molecule has 5 heterocycles. The van der Waals surface area contributed by atoms with Crippen LogP contribution >= 0.6 is 0 Å². The molecule has 1 aromatic rings. The Hall–Kier alpha value is -2.66. The van der Waals surface area contributed by atoms with Gasteiger partial charge in [0.05, 0.1) is 78.1 Å². The van der Waals surface area contributed by atoms with E-state index in [1.54, 1.807) is 79.7 Å². The highest BCUT2D eigenvalue weighted by Crippen LogP contribution is 2.71. The average Bonchev–Trinajstić information content (AvgIpc) is 1.61. The molecule has 0 spiro atoms. The Morgan fingerprint density at radius 2 is 0.976 bits per heavy atom. The second kappa shape index (κ2) is 25.9. The predicted octanol–water partition coefficient (Wildman–Crippen LogP) is 5.37. The van der Waals surface area contributed by atoms with E-state index in [2.05, 4.69) is 6.92 Å². The van der Waals surface area contributed by atoms with Gasteiger partial charge in [0.25, 0.3) is 0 Å². The van der Waals surface area contributed by atoms with Crippen LogP contribution < -0.4 is 0 Å². The fourth-order valence-corrected chi connectivity index (χ4v) is 16.5. The van der Waals surface area contributed by atoms with E-state index in [0.717, 1.165) is 5.57 Å². The van der Waals surface area contributed by atoms with Crippen molar-refractivity contribution in [2.75, 3.05) is 35.5 Å². The summed E-state index contributed by atoms with van der Waals surface area (Å²) in [7, 11) is 8.13. The minimum atomic E-state index is -2.05. The van der Waals surface area contributed by atoms with Crippen molar-refractivity contribution in [1.29, 1.82) is 0 Å². The normalized spacial score (nSPS) is 49.2. The monoisotopic (exact) mass is 1200 g/mol. The van der Waals surface area contributed by atoms with E-state index >= 15 is 0 Å². The lowest BCUT2D eigenvalue weighted by Gasteiger charge is -2.67. The number of rotatable bonds is 18. The molecule has 0 bridgehead atoms. The summed E-state index contributed by atoms with van der Waals surface area (Å²) in [6.07, 6.45) is -5.99. The van der Waals surface area contributed by atoms with Gasteiger partial charge in [-0.25, -0.2) is 4.79 Å². The van der Waals surface area contributed by atoms with E-state index in [1.165, 1.54) is 6.92 Å². The first-order valence-corrected chi connectivity index (χ1v) is 30.9. The molecule has 22 nitrogen and oxygen atoms in total. The molecule has 4 aliphatic carbocycles. The van der Waals surface area contributed by atoms with Gasteiger partial charge in [-0.1, -0.05) is 36.8 Å². The van der Waals surface area contributed by atoms with Crippen molar-refractivity contribution in [3.8, 4) is 0 Å². The fourth-order valence-electron chi connectivity index (χ4n) is 16.5. The van der Waals surface area contributed by atoms with Gasteiger partial charge in [0.1, 0.15) is 53.4 Å². The Morgan fingerprint density at radius 1 is 0.553 bits per heavy atom. The molecule has 0 unspecified atom stereocenters. The first kappa shape index (κ1) is 65.3. The molecule has 10 rings (SSSR count). The summed E-state index contributed by atoms with van der Waals surface area (Å²) in [4.78, 5) is 27.1. The molecule has 85 heavy (non-hydrogen) atoms. The van der Waals surface area contributed by atoms with Gasteiger partial charge < -0.3 is 96.2 Å². The highest BCUT2D eigenvalue weighted by molar-refractivity contribution is 5.90. The lowest BCUT2D eigenvalue weighted by atomic mass is 9.42. The van der Waals surface area contributed by atoms with Crippen molar-refractivity contribution in [3.05, 3.63) is 47.5 Å². The molecule has 4 N–H and O–H groups in total. The molecular weight excluding hydrogens is 1110 g/mol. The summed E-state index contributed by atoms with van der Waals surface area (Å²) >= 11 is 0. The Morgan fingerprint density at radius 3 is 1.41 bits per heavy atom. The van der Waals surface area contributed by atoms with Gasteiger partial charge in [0.15, 0.2) is 37.2 Å². The second-order valence-corrected chi connectivity index (χ2v) is 26.1. The van der Waals surface area contributed by atoms with Crippen molar-refractivity contribution in [2.24, 2.45) is 16.7 Å². The van der Waals surface area contributed by atoms with Crippen molar-refractivity contribution in [2.45, 2.75) is 284 Å². The second-order valence-electron chi connectivity index (χ2n) is 26.1. The maximum atomic E-state index is 13.8. The number of ketones is 1. The van der Waals surface area contributed by atoms with Crippen LogP contribution in [0.1, 0.15) is 143 Å². The van der Waals surface area contributed by atoms with Gasteiger partial charge in [0.2, 0.25) is 0 Å². The largest absolute Gasteiger partial charge is 0.458 e. The quantitative estimate of drug-likeness (QED) is 0.106. The van der Waals surface area contributed by atoms with Crippen molar-refractivity contribution < 1.29 is 106 Å². The van der Waals surface area contributed by atoms with Crippen LogP contribution in [0, 0.1) is 16.7 Å². The Bertz CT molecular complexity index is 2470. The third-order valence-electron chi connectivity index (χ3n) is 21.6. The minimum absolute atomic E-state index is 0.0489. The van der Waals surface area contributed by atoms with Crippen molar-refractivity contribution in [1.82, 2.24) is 0 Å². The van der Waals surface area contributed by atoms with Crippen molar-refractivity contribution >= 4 is 11.8 Å². The summed E-state index contributed by atoms with van der Waals surface area (Å²) in [5.74, 6) is -1.76. The molecular formula is C63H96O22. The molecule has 480 valence electrons. The van der Waals surface area contributed by atoms with Crippen LogP contribution in [0.25, 0.3) is 0 Å². The van der Waals surface area contributed by atoms with E-state index in [1.807, 2.05) is 33.8 Å². The summed E-state index contributed by atoms with van der Waals surface area (Å²) in [6, 6.07) is 8.52. The number of carbonyl (C=O) groups is 2. The van der Waals surface area contributed by atoms with Gasteiger partial charge in [-0.05, 0) is 111 Å². The molecule has 28 atom stereocenters. The van der Waals surface area contributed by atoms with E-state index in [9.17, 15) is 30.0 Å². The molecule has 5 aliphatic heterocycles. The van der Waals surface area contributed by atoms with Gasteiger partial charge in [-0.15, -0.1) is 0 Å². The zero-order valence-corrected chi connectivity index (χ0v) is 51.9. The topological polar surface area (TPSA) is 263 Å². The van der Waals surface area contributed by atoms with Crippen LogP contribution in [-0.4, -0.2) is 220 Å². The number of carbonyl (C=O) groups excluding carboxylic acids is 2. The molecule has 1 aromatic carbocycles. The zero-order chi connectivity index (χ0) is 61.1. The maximum absolute atomic E-state index is 13.8. The Labute approximate surface area is 500 Å². The zero-order valence-electron chi connectivity index (χ0n) is 51.9. The third kappa shape index (κ3) is 11.9. The SMILES string of the molecule is CO[C@H]1C[C@H](O[C@H]2[C@@H](OC)C[C@H](O[C@H]3[C@@H](OC)C[C@H](O[C@H]4[C@@H](OC)C[C@H](O[C@H]5[C@@H](OC)C[C@H](O[C@H]6CC[C@@]7(C)C(=CC[C@]8(O)[C@@H]7C[C@@H](OC(=O)c7ccccc7)[C@@]7(C)[C@]8(O)CC[C@@]7(O)C(C)=O)C6)O[C@@H]5C)O[C@@H]4C)O[C@@H]3C)O[C@@H]2C)O[C@H](C)[C@H]1O. The molecule has 0 aromatic heterocycles. The summed E-state index contributed by atoms with van der Waals surface area (Å²) in [6.45, 7) is 14.5. The van der Waals surface area contributed by atoms with E-state index in [-0.39, 0.29) is 37.9 Å². The Balaban J connectivity index is 0.723. The number of benzene rings is 1. The van der Waals surface area contributed by atoms with Gasteiger partial charge >= 0.3 is 5.97 Å². The fraction of sp³-hybridized carbons (Fsp3) is 0.841. The molecule has 8 fully saturated rings. The highest BCUT2D eigenvalue weighted by Gasteiger charge is 2.81. The number of methoxy groups -OCH3 is 5. The minimum Gasteiger partial charge on any atom is -0.458 e. The summed E-state index contributed by atoms with van der Waals surface area (Å²) in [5.41, 5.74) is -6.73. The van der Waals surface area contributed by atoms with E-state index < -0.39 is 168 Å². The maximum Gasteiger partial charge on any atom is 0.338 e. The first-order chi connectivity index (χ1) is 40.4. The number of aliphatic hydroxyl groups excluding tert-OH is 1. The summed E-state index contributed by atoms with van der Waals surface area (Å²) in [5, 5.41) is 48.7. The summed E-state index contributed by atoms with van der Waals surface area (Å²) < 4.78 is 101. The van der Waals surface area contributed by atoms with Crippen LogP contribution in [0.4, 0.5) is 0 Å². The molecule has 3 saturated carbocycles. The first-order valence-electron chi connectivity index (χ1n) is 30.9. The standard InChI is InChI=1S/C63H96O22/c1-32-53(65)41(70-9)26-49(75-32)82-55-34(3)77-51(28-43(55)72-11)84-57-36(5)79-52(30-45(57)74-13)85-56-35(4)78-50(29-44(56)73-12)83-54-33(2)76-48(27-42(54)71-10)80-40-20-21-59(7)39(25-40)19-22-62(68)46(59)31-47(81-58(66)38-17-15-14-16-18-38)60(8)61(67,37(6)64)23-24-63(60,62)69/h14-19,32-36,40-57,65,67-69H,20-31H2,1-13H3/t32-,33-,34-,35-,36-,40+,41+,42+,43+,44+,45+,46-,47-,48+,49+,50+,51+,52+,53-,54-,55-,56-,57-,59+,60-,61-,62+,63-/m1/s1. The van der Waals surface area contributed by atoms with Crippen LogP contribution in [0.15, 0.2) is 42.0 Å². The number of aliphatic hydroxyl groups is 4. The van der Waals surface area contributed by atoms with Crippen LogP contribution in [0.2, 0.25) is 0 Å². The van der Waals surface area contributed by atoms with Gasteiger partial charge in [-0.2, -0.15) is 0 Å². The van der Waals surface area contributed by atoms with Crippen LogP contribution in [0.3, 0.4) is 0 Å². The molecule has 5 saturated heterocycles. The number of fused-ring (bicyclic) bond motifs is 5. The number of ether oxygens (including phenoxy) is 16. The number of esters is 1. The molecule has 22 heteroatoms. The highest BCUT2D eigenvalue weighted by atomic mass is 16.8. The molecule has 0 amide bonds. The van der Waals surface area contributed by atoms with Gasteiger partial charge in [-0.3, -0.25) is 4.79 Å². The van der Waals surface area contributed by atoms with Crippen LogP contribution in [-0.2, 0) is 80.6 Å². The van der Waals surface area contributed by atoms with Crippen LogP contribution in [0.5, 0.6) is 0 Å². The third-order valence-corrected chi connectivity index (χ3v) is 21.6. The number of hydrogen-bond acceptors (Lipinski definition) is 22. The van der Waals surface area contributed by atoms with Gasteiger partial charge in [0, 0.05) is 73.6 Å². The number of hydrogen-bond donors (Lipinski definition) is 4. The van der Waals surface area contributed by atoms with E-state index in [4.69, 9.17) is 75.8 Å². The van der Waals surface area contributed by atoms with Crippen molar-refractivity contribution in [3.63, 3.8) is 0 Å². The average molecular weight is 1210 g/mol. The predicted molar refractivity (Wildman–Crippen MR) is 300 cm³/mol.